The van der Waals surface area contributed by atoms with Crippen LogP contribution in [0.25, 0.3) is 0 Å². The van der Waals surface area contributed by atoms with Crippen LogP contribution in [-0.4, -0.2) is 35.7 Å². The van der Waals surface area contributed by atoms with E-state index in [0.717, 1.165) is 19.6 Å². The largest absolute Gasteiger partial charge is 0.393 e. The summed E-state index contributed by atoms with van der Waals surface area (Å²) in [5.74, 6) is 0.546. The highest BCUT2D eigenvalue weighted by molar-refractivity contribution is 4.81. The van der Waals surface area contributed by atoms with Crippen LogP contribution in [-0.2, 0) is 0 Å². The smallest absolute Gasteiger partial charge is 0.0564 e. The molecule has 1 aliphatic rings. The van der Waals surface area contributed by atoms with Crippen LogP contribution in [0.15, 0.2) is 0 Å². The third kappa shape index (κ3) is 1.43. The van der Waals surface area contributed by atoms with Gasteiger partial charge in [-0.3, -0.25) is 0 Å². The number of aliphatic hydroxyl groups is 1. The van der Waals surface area contributed by atoms with Gasteiger partial charge in [-0.2, -0.15) is 0 Å². The Kier molecular flexibility index (Phi) is 2.09. The number of aliphatic hydroxyl groups excluding tert-OH is 1. The van der Waals surface area contributed by atoms with Crippen molar-refractivity contribution in [2.75, 3.05) is 19.6 Å². The van der Waals surface area contributed by atoms with Gasteiger partial charge < -0.3 is 10.0 Å². The van der Waals surface area contributed by atoms with Crippen molar-refractivity contribution in [1.29, 1.82) is 0 Å². The second kappa shape index (κ2) is 2.67. The molecule has 0 saturated carbocycles. The molecule has 2 heteroatoms. The predicted molar refractivity (Wildman–Crippen MR) is 37.3 cm³/mol. The molecule has 1 heterocycles. The third-order valence-corrected chi connectivity index (χ3v) is 2.11. The molecule has 1 fully saturated rings. The molecule has 9 heavy (non-hydrogen) atoms. The number of likely N-dealkylation sites (tertiary alicyclic amines) is 1. The van der Waals surface area contributed by atoms with Crippen molar-refractivity contribution in [3.8, 4) is 0 Å². The molecule has 1 saturated heterocycles. The molecule has 0 spiro atoms. The summed E-state index contributed by atoms with van der Waals surface area (Å²) >= 11 is 0. The molecule has 1 aliphatic heterocycles. The molecule has 1 N–H and O–H groups in total. The van der Waals surface area contributed by atoms with Gasteiger partial charge in [-0.25, -0.2) is 0 Å². The molecule has 0 aromatic heterocycles. The molecule has 0 aliphatic carbocycles. The zero-order valence-corrected chi connectivity index (χ0v) is 6.17. The Morgan fingerprint density at radius 1 is 1.67 bits per heavy atom. The van der Waals surface area contributed by atoms with Crippen molar-refractivity contribution in [1.82, 2.24) is 4.90 Å². The van der Waals surface area contributed by atoms with Crippen molar-refractivity contribution in [3.05, 3.63) is 0 Å². The molecular weight excluding hydrogens is 114 g/mol. The van der Waals surface area contributed by atoms with Crippen LogP contribution in [0, 0.1) is 5.92 Å². The van der Waals surface area contributed by atoms with E-state index in [-0.39, 0.29) is 6.10 Å². The Morgan fingerprint density at radius 3 is 2.56 bits per heavy atom. The topological polar surface area (TPSA) is 23.5 Å². The van der Waals surface area contributed by atoms with Gasteiger partial charge in [0, 0.05) is 19.0 Å². The molecule has 0 radical (unpaired) electrons. The summed E-state index contributed by atoms with van der Waals surface area (Å²) in [6.07, 6.45) is -0.104. The number of nitrogens with zero attached hydrogens (tertiary/aromatic N) is 1. The molecule has 0 aromatic rings. The van der Waals surface area contributed by atoms with E-state index < -0.39 is 0 Å². The van der Waals surface area contributed by atoms with Crippen LogP contribution in [0.5, 0.6) is 0 Å². The lowest BCUT2D eigenvalue weighted by molar-refractivity contribution is 0.00900. The minimum Gasteiger partial charge on any atom is -0.393 e. The monoisotopic (exact) mass is 129 g/mol. The minimum absolute atomic E-state index is 0.104. The van der Waals surface area contributed by atoms with Crippen molar-refractivity contribution >= 4 is 0 Å². The highest BCUT2D eigenvalue weighted by Crippen LogP contribution is 2.17. The lowest BCUT2D eigenvalue weighted by Crippen LogP contribution is -2.50. The molecule has 0 aromatic carbocycles. The van der Waals surface area contributed by atoms with E-state index >= 15 is 0 Å². The van der Waals surface area contributed by atoms with Gasteiger partial charge in [-0.1, -0.05) is 6.92 Å². The highest BCUT2D eigenvalue weighted by Gasteiger charge is 2.28. The first-order valence-corrected chi connectivity index (χ1v) is 3.64. The average molecular weight is 129 g/mol. The standard InChI is InChI=1S/C7H15NO/c1-3-8-4-7(5-8)6(2)9/h6-7,9H,3-5H2,1-2H3. The molecule has 1 unspecified atom stereocenters. The van der Waals surface area contributed by atoms with E-state index in [1.807, 2.05) is 6.92 Å². The van der Waals surface area contributed by atoms with Gasteiger partial charge in [0.05, 0.1) is 6.10 Å². The number of rotatable bonds is 2. The lowest BCUT2D eigenvalue weighted by Gasteiger charge is -2.40. The van der Waals surface area contributed by atoms with Gasteiger partial charge in [0.25, 0.3) is 0 Å². The lowest BCUT2D eigenvalue weighted by atomic mass is 9.95. The number of hydrogen-bond acceptors (Lipinski definition) is 2. The first-order valence-electron chi connectivity index (χ1n) is 3.64. The number of hydrogen-bond donors (Lipinski definition) is 1. The Morgan fingerprint density at radius 2 is 2.22 bits per heavy atom. The van der Waals surface area contributed by atoms with Crippen molar-refractivity contribution < 1.29 is 5.11 Å². The highest BCUT2D eigenvalue weighted by atomic mass is 16.3. The molecule has 0 amide bonds. The van der Waals surface area contributed by atoms with E-state index in [0.29, 0.717) is 5.92 Å². The maximum Gasteiger partial charge on any atom is 0.0564 e. The predicted octanol–water partition coefficient (Wildman–Crippen LogP) is 0.319. The Labute approximate surface area is 56.5 Å². The fourth-order valence-corrected chi connectivity index (χ4v) is 1.17. The second-order valence-electron chi connectivity index (χ2n) is 2.85. The average Bonchev–Trinajstić information content (AvgIpc) is 1.61. The van der Waals surface area contributed by atoms with Crippen LogP contribution >= 0.6 is 0 Å². The quantitative estimate of drug-likeness (QED) is 0.580. The third-order valence-electron chi connectivity index (χ3n) is 2.11. The summed E-state index contributed by atoms with van der Waals surface area (Å²) in [6, 6.07) is 0. The molecule has 0 bridgehead atoms. The van der Waals surface area contributed by atoms with Gasteiger partial charge in [0.2, 0.25) is 0 Å². The van der Waals surface area contributed by atoms with E-state index in [9.17, 15) is 0 Å². The van der Waals surface area contributed by atoms with Crippen LogP contribution in [0.3, 0.4) is 0 Å². The first-order chi connectivity index (χ1) is 4.24. The summed E-state index contributed by atoms with van der Waals surface area (Å²) in [7, 11) is 0. The minimum atomic E-state index is -0.104. The van der Waals surface area contributed by atoms with E-state index in [4.69, 9.17) is 5.11 Å². The van der Waals surface area contributed by atoms with Crippen molar-refractivity contribution in [2.45, 2.75) is 20.0 Å². The maximum atomic E-state index is 9.06. The summed E-state index contributed by atoms with van der Waals surface area (Å²) in [5, 5.41) is 9.06. The van der Waals surface area contributed by atoms with Gasteiger partial charge in [0.15, 0.2) is 0 Å². The van der Waals surface area contributed by atoms with Gasteiger partial charge in [-0.15, -0.1) is 0 Å². The summed E-state index contributed by atoms with van der Waals surface area (Å²) in [5.41, 5.74) is 0. The molecule has 54 valence electrons. The van der Waals surface area contributed by atoms with Gasteiger partial charge in [0.1, 0.15) is 0 Å². The van der Waals surface area contributed by atoms with Crippen LogP contribution in [0.1, 0.15) is 13.8 Å². The summed E-state index contributed by atoms with van der Waals surface area (Å²) in [4.78, 5) is 2.33. The Balaban J connectivity index is 2.12. The molecular formula is C7H15NO. The normalized spacial score (nSPS) is 25.7. The SMILES string of the molecule is CCN1CC(C(C)O)C1. The second-order valence-corrected chi connectivity index (χ2v) is 2.85. The van der Waals surface area contributed by atoms with Crippen LogP contribution in [0.4, 0.5) is 0 Å². The van der Waals surface area contributed by atoms with E-state index in [1.165, 1.54) is 0 Å². The summed E-state index contributed by atoms with van der Waals surface area (Å²) < 4.78 is 0. The Hall–Kier alpha value is -0.0800. The van der Waals surface area contributed by atoms with Crippen molar-refractivity contribution in [2.24, 2.45) is 5.92 Å². The summed E-state index contributed by atoms with van der Waals surface area (Å²) in [6.45, 7) is 7.33. The maximum absolute atomic E-state index is 9.06. The van der Waals surface area contributed by atoms with Crippen LogP contribution < -0.4 is 0 Å². The molecule has 1 atom stereocenters. The zero-order chi connectivity index (χ0) is 6.85. The van der Waals surface area contributed by atoms with E-state index in [1.54, 1.807) is 0 Å². The fourth-order valence-electron chi connectivity index (χ4n) is 1.17. The van der Waals surface area contributed by atoms with Crippen LogP contribution in [0.2, 0.25) is 0 Å². The van der Waals surface area contributed by atoms with Crippen molar-refractivity contribution in [3.63, 3.8) is 0 Å². The molecule has 2 nitrogen and oxygen atoms in total. The Bertz CT molecular complexity index is 86.9. The van der Waals surface area contributed by atoms with Gasteiger partial charge >= 0.3 is 0 Å². The fraction of sp³-hybridized carbons (Fsp3) is 1.00. The van der Waals surface area contributed by atoms with E-state index in [2.05, 4.69) is 11.8 Å². The molecule has 1 rings (SSSR count). The first kappa shape index (κ1) is 7.03. The zero-order valence-electron chi connectivity index (χ0n) is 6.17. The van der Waals surface area contributed by atoms with Gasteiger partial charge in [-0.05, 0) is 13.5 Å².